The van der Waals surface area contributed by atoms with E-state index >= 15 is 0 Å². The average molecular weight is 793 g/mol. The Balaban J connectivity index is 1.23. The number of piperidine rings is 1. The van der Waals surface area contributed by atoms with Crippen LogP contribution in [0.4, 0.5) is 0 Å². The maximum Gasteiger partial charge on any atom is 0.307 e. The van der Waals surface area contributed by atoms with E-state index < -0.39 is 21.5 Å². The summed E-state index contributed by atoms with van der Waals surface area (Å²) < 4.78 is 71.2. The van der Waals surface area contributed by atoms with Crippen LogP contribution in [0, 0.1) is 0 Å². The van der Waals surface area contributed by atoms with Crippen molar-refractivity contribution in [3.05, 3.63) is 65.4 Å². The predicted octanol–water partition coefficient (Wildman–Crippen LogP) is 3.54. The first-order valence-electron chi connectivity index (χ1n) is 18.4. The van der Waals surface area contributed by atoms with E-state index in [4.69, 9.17) is 33.2 Å². The number of nitrogens with zero attached hydrogens (tertiary/aromatic N) is 1. The smallest absolute Gasteiger partial charge is 0.307 e. The lowest BCUT2D eigenvalue weighted by Crippen LogP contribution is -2.37. The monoisotopic (exact) mass is 792 g/mol. The molecule has 1 heterocycles. The van der Waals surface area contributed by atoms with Gasteiger partial charge in [-0.25, -0.2) is 13.2 Å². The molecule has 55 heavy (non-hydrogen) atoms. The zero-order valence-corrected chi connectivity index (χ0v) is 33.2. The fourth-order valence-electron chi connectivity index (χ4n) is 5.38. The summed E-state index contributed by atoms with van der Waals surface area (Å²) in [5.41, 5.74) is 0.780. The van der Waals surface area contributed by atoms with Crippen LogP contribution in [0.3, 0.4) is 0 Å². The van der Waals surface area contributed by atoms with Gasteiger partial charge in [0.25, 0.3) is 5.91 Å². The van der Waals surface area contributed by atoms with Crippen LogP contribution in [0.15, 0.2) is 59.2 Å². The minimum absolute atomic E-state index is 0.0261. The molecule has 0 aliphatic carbocycles. The zero-order chi connectivity index (χ0) is 39.9. The molecule has 0 radical (unpaired) electrons. The lowest BCUT2D eigenvalue weighted by molar-refractivity contribution is -0.141. The summed E-state index contributed by atoms with van der Waals surface area (Å²) in [6.45, 7) is 10.6. The summed E-state index contributed by atoms with van der Waals surface area (Å²) in [6, 6.07) is 13.6. The number of amides is 1. The van der Waals surface area contributed by atoms with Gasteiger partial charge >= 0.3 is 5.97 Å². The molecule has 1 amide bonds. The van der Waals surface area contributed by atoms with E-state index in [0.717, 1.165) is 11.3 Å². The van der Waals surface area contributed by atoms with Crippen molar-refractivity contribution < 1.29 is 60.7 Å². The standard InChI is InChI=1S/C39H56N2O13S/c1-39(2,3)54-35(30-42)29-40-38(44)33-7-11-36(12-8-33)55(45,46)41-16-13-32(14-17-41)31-5-9-34(10-6-31)53-28-27-52-26-25-51-24-23-50-22-21-49-20-19-48-18-15-37(43)47-4/h5-12,32H,13-29H2,1-4H3,(H,40,44). The Morgan fingerprint density at radius 3 is 1.76 bits per heavy atom. The van der Waals surface area contributed by atoms with Gasteiger partial charge in [0.2, 0.25) is 10.0 Å². The molecule has 2 aromatic rings. The fraction of sp³-hybridized carbons (Fsp3) is 0.590. The number of carbonyl (C=O) groups is 2. The Bertz CT molecular complexity index is 1580. The lowest BCUT2D eigenvalue weighted by atomic mass is 9.90. The largest absolute Gasteiger partial charge is 0.491 e. The minimum atomic E-state index is -3.73. The molecule has 1 N–H and O–H groups in total. The first-order chi connectivity index (χ1) is 26.4. The molecule has 306 valence electrons. The van der Waals surface area contributed by atoms with Crippen molar-refractivity contribution in [1.82, 2.24) is 9.62 Å². The Morgan fingerprint density at radius 1 is 0.764 bits per heavy atom. The quantitative estimate of drug-likeness (QED) is 0.0635. The summed E-state index contributed by atoms with van der Waals surface area (Å²) in [5.74, 6) is 1.85. The van der Waals surface area contributed by atoms with Crippen molar-refractivity contribution in [2.24, 2.45) is 0 Å². The second-order valence-electron chi connectivity index (χ2n) is 13.4. The van der Waals surface area contributed by atoms with Crippen LogP contribution < -0.4 is 10.1 Å². The predicted molar refractivity (Wildman–Crippen MR) is 202 cm³/mol. The molecular weight excluding hydrogens is 736 g/mol. The molecule has 0 atom stereocenters. The van der Waals surface area contributed by atoms with Gasteiger partial charge in [-0.3, -0.25) is 9.59 Å². The summed E-state index contributed by atoms with van der Waals surface area (Å²) in [5, 5.41) is 2.60. The van der Waals surface area contributed by atoms with Crippen molar-refractivity contribution in [3.8, 4) is 5.75 Å². The summed E-state index contributed by atoms with van der Waals surface area (Å²) in [7, 11) is -2.39. The molecule has 0 unspecified atom stereocenters. The third-order valence-corrected chi connectivity index (χ3v) is 10.1. The highest BCUT2D eigenvalue weighted by Crippen LogP contribution is 2.31. The first kappa shape index (κ1) is 45.5. The molecule has 1 fully saturated rings. The summed E-state index contributed by atoms with van der Waals surface area (Å²) >= 11 is 0. The average Bonchev–Trinajstić information content (AvgIpc) is 3.18. The molecular formula is C39H56N2O13S. The lowest BCUT2D eigenvalue weighted by Gasteiger charge is -2.31. The Hall–Kier alpha value is -3.86. The number of carbonyl (C=O) groups excluding carboxylic acids is 3. The van der Waals surface area contributed by atoms with Crippen molar-refractivity contribution in [2.75, 3.05) is 99.4 Å². The van der Waals surface area contributed by atoms with Gasteiger partial charge in [0, 0.05) is 18.7 Å². The number of rotatable bonds is 26. The van der Waals surface area contributed by atoms with Crippen LogP contribution >= 0.6 is 0 Å². The van der Waals surface area contributed by atoms with Gasteiger partial charge in [-0.2, -0.15) is 4.31 Å². The maximum absolute atomic E-state index is 13.4. The molecule has 0 spiro atoms. The van der Waals surface area contributed by atoms with Crippen LogP contribution in [-0.2, 0) is 52.8 Å². The van der Waals surface area contributed by atoms with Gasteiger partial charge < -0.3 is 43.2 Å². The number of esters is 1. The number of hydrogen-bond acceptors (Lipinski definition) is 13. The molecule has 0 aromatic heterocycles. The third-order valence-electron chi connectivity index (χ3n) is 8.18. The Kier molecular flexibility index (Phi) is 20.4. The highest BCUT2D eigenvalue weighted by molar-refractivity contribution is 7.89. The van der Waals surface area contributed by atoms with E-state index in [1.54, 1.807) is 26.7 Å². The highest BCUT2D eigenvalue weighted by atomic mass is 32.2. The first-order valence-corrected chi connectivity index (χ1v) is 19.9. The van der Waals surface area contributed by atoms with E-state index in [9.17, 15) is 22.8 Å². The van der Waals surface area contributed by atoms with E-state index in [2.05, 4.69) is 10.1 Å². The number of hydrogen-bond donors (Lipinski definition) is 1. The number of methoxy groups -OCH3 is 1. The van der Waals surface area contributed by atoms with Gasteiger partial charge in [0.15, 0.2) is 11.7 Å². The Labute approximate surface area is 324 Å². The van der Waals surface area contributed by atoms with Crippen LogP contribution in [-0.4, -0.2) is 136 Å². The molecule has 1 aliphatic heterocycles. The minimum Gasteiger partial charge on any atom is -0.491 e. The Morgan fingerprint density at radius 2 is 1.27 bits per heavy atom. The summed E-state index contributed by atoms with van der Waals surface area (Å²) in [4.78, 5) is 34.8. The van der Waals surface area contributed by atoms with Crippen LogP contribution in [0.5, 0.6) is 5.75 Å². The number of nitrogens with one attached hydrogen (secondary N) is 1. The maximum atomic E-state index is 13.4. The molecule has 0 bridgehead atoms. The highest BCUT2D eigenvalue weighted by Gasteiger charge is 2.30. The van der Waals surface area contributed by atoms with Crippen LogP contribution in [0.1, 0.15) is 61.9 Å². The molecule has 16 heteroatoms. The third kappa shape index (κ3) is 17.6. The summed E-state index contributed by atoms with van der Waals surface area (Å²) in [6.07, 6.45) is 1.58. The van der Waals surface area contributed by atoms with E-state index in [1.807, 2.05) is 24.3 Å². The van der Waals surface area contributed by atoms with E-state index in [-0.39, 0.29) is 41.1 Å². The van der Waals surface area contributed by atoms with Crippen LogP contribution in [0.2, 0.25) is 0 Å². The van der Waals surface area contributed by atoms with E-state index in [0.29, 0.717) is 98.6 Å². The van der Waals surface area contributed by atoms with Crippen molar-refractivity contribution >= 4 is 27.8 Å². The van der Waals surface area contributed by atoms with Crippen molar-refractivity contribution in [1.29, 1.82) is 0 Å². The number of sulfonamides is 1. The fourth-order valence-corrected chi connectivity index (χ4v) is 6.85. The molecule has 3 rings (SSSR count). The zero-order valence-electron chi connectivity index (χ0n) is 32.4. The van der Waals surface area contributed by atoms with Gasteiger partial charge in [0.1, 0.15) is 18.0 Å². The van der Waals surface area contributed by atoms with Crippen molar-refractivity contribution in [3.63, 3.8) is 0 Å². The van der Waals surface area contributed by atoms with Gasteiger partial charge in [0.05, 0.1) is 91.0 Å². The normalized spacial score (nSPS) is 13.9. The van der Waals surface area contributed by atoms with Gasteiger partial charge in [-0.05, 0) is 81.5 Å². The second-order valence-corrected chi connectivity index (χ2v) is 15.4. The topological polar surface area (TPSA) is 174 Å². The molecule has 1 saturated heterocycles. The van der Waals surface area contributed by atoms with Gasteiger partial charge in [-0.15, -0.1) is 0 Å². The second kappa shape index (κ2) is 24.6. The van der Waals surface area contributed by atoms with E-state index in [1.165, 1.54) is 35.7 Å². The molecule has 0 saturated carbocycles. The number of ether oxygens (including phenoxy) is 8. The van der Waals surface area contributed by atoms with Gasteiger partial charge in [-0.1, -0.05) is 12.1 Å². The van der Waals surface area contributed by atoms with Crippen molar-refractivity contribution in [2.45, 2.75) is 56.4 Å². The molecule has 1 aliphatic rings. The van der Waals surface area contributed by atoms with Crippen LogP contribution in [0.25, 0.3) is 0 Å². The molecule has 2 aromatic carbocycles. The SMILES string of the molecule is COC(=O)CCOCCOCCOCCOCCOCCOc1ccc(C2CCN(S(=O)(=O)c3ccc(C(=O)NCC(=C=O)OC(C)(C)C)cc3)CC2)cc1. The number of benzene rings is 2. The molecule has 15 nitrogen and oxygen atoms in total.